The molecule has 0 spiro atoms. The van der Waals surface area contributed by atoms with Crippen molar-refractivity contribution in [3.05, 3.63) is 11.5 Å². The standard InChI is InChI=1S/C14H27N3O2S/c1-10(6-7-13(18)16-3)8-11(2)20-9-12(15)14(19)17(4)5/h10,12H,2,6-9,15H2,1,3-5H3,(H,16,18)/t10-,12?/m0/s1. The maximum absolute atomic E-state index is 11.6. The van der Waals surface area contributed by atoms with Crippen molar-refractivity contribution in [3.8, 4) is 0 Å². The van der Waals surface area contributed by atoms with Gasteiger partial charge in [-0.2, -0.15) is 0 Å². The average molecular weight is 301 g/mol. The lowest BCUT2D eigenvalue weighted by molar-refractivity contribution is -0.129. The van der Waals surface area contributed by atoms with Gasteiger partial charge < -0.3 is 16.0 Å². The number of carbonyl (C=O) groups excluding carboxylic acids is 2. The van der Waals surface area contributed by atoms with Gasteiger partial charge in [0.1, 0.15) is 0 Å². The number of hydrogen-bond acceptors (Lipinski definition) is 4. The molecule has 0 aromatic rings. The Morgan fingerprint density at radius 2 is 2.00 bits per heavy atom. The van der Waals surface area contributed by atoms with E-state index in [1.807, 2.05) is 0 Å². The maximum atomic E-state index is 11.6. The molecule has 0 bridgehead atoms. The molecule has 2 atom stereocenters. The molecule has 0 rings (SSSR count). The first-order valence-corrected chi connectivity index (χ1v) is 7.74. The third-order valence-electron chi connectivity index (χ3n) is 2.94. The molecule has 6 heteroatoms. The number of amides is 2. The normalized spacial score (nSPS) is 13.4. The maximum Gasteiger partial charge on any atom is 0.239 e. The number of nitrogens with one attached hydrogen (secondary N) is 1. The summed E-state index contributed by atoms with van der Waals surface area (Å²) < 4.78 is 0. The van der Waals surface area contributed by atoms with E-state index < -0.39 is 6.04 Å². The van der Waals surface area contributed by atoms with Crippen molar-refractivity contribution in [1.29, 1.82) is 0 Å². The molecule has 0 aromatic carbocycles. The van der Waals surface area contributed by atoms with Crippen molar-refractivity contribution in [2.75, 3.05) is 26.9 Å². The van der Waals surface area contributed by atoms with Crippen LogP contribution in [0.1, 0.15) is 26.2 Å². The monoisotopic (exact) mass is 301 g/mol. The van der Waals surface area contributed by atoms with Gasteiger partial charge in [-0.15, -0.1) is 11.8 Å². The molecule has 1 unspecified atom stereocenters. The Balaban J connectivity index is 3.93. The van der Waals surface area contributed by atoms with Crippen LogP contribution in [0.4, 0.5) is 0 Å². The SMILES string of the molecule is C=C(C[C@@H](C)CCC(=O)NC)SCC(N)C(=O)N(C)C. The first kappa shape index (κ1) is 19.0. The van der Waals surface area contributed by atoms with E-state index in [1.165, 1.54) is 16.7 Å². The molecule has 0 aromatic heterocycles. The first-order chi connectivity index (χ1) is 9.27. The summed E-state index contributed by atoms with van der Waals surface area (Å²) in [5.74, 6) is 0.928. The second-order valence-electron chi connectivity index (χ2n) is 5.21. The Kier molecular flexibility index (Phi) is 9.33. The van der Waals surface area contributed by atoms with Crippen molar-refractivity contribution in [2.24, 2.45) is 11.7 Å². The summed E-state index contributed by atoms with van der Waals surface area (Å²) in [5, 5.41) is 2.61. The Hall–Kier alpha value is -1.01. The van der Waals surface area contributed by atoms with Crippen LogP contribution in [-0.4, -0.2) is 49.7 Å². The van der Waals surface area contributed by atoms with Crippen molar-refractivity contribution in [2.45, 2.75) is 32.2 Å². The number of rotatable bonds is 9. The molecule has 0 saturated heterocycles. The number of nitrogens with zero attached hydrogens (tertiary/aromatic N) is 1. The highest BCUT2D eigenvalue weighted by Crippen LogP contribution is 2.24. The highest BCUT2D eigenvalue weighted by atomic mass is 32.2. The van der Waals surface area contributed by atoms with E-state index in [4.69, 9.17) is 5.73 Å². The Morgan fingerprint density at radius 1 is 1.40 bits per heavy atom. The summed E-state index contributed by atoms with van der Waals surface area (Å²) in [6, 6.07) is -0.493. The first-order valence-electron chi connectivity index (χ1n) is 6.75. The third kappa shape index (κ3) is 8.22. The topological polar surface area (TPSA) is 75.4 Å². The van der Waals surface area contributed by atoms with Gasteiger partial charge >= 0.3 is 0 Å². The van der Waals surface area contributed by atoms with E-state index in [9.17, 15) is 9.59 Å². The van der Waals surface area contributed by atoms with Gasteiger partial charge in [0.15, 0.2) is 0 Å². The number of thioether (sulfide) groups is 1. The van der Waals surface area contributed by atoms with Crippen LogP contribution in [0.2, 0.25) is 0 Å². The summed E-state index contributed by atoms with van der Waals surface area (Å²) in [7, 11) is 5.04. The molecular formula is C14H27N3O2S. The van der Waals surface area contributed by atoms with Gasteiger partial charge in [0.25, 0.3) is 0 Å². The highest BCUT2D eigenvalue weighted by Gasteiger charge is 2.16. The smallest absolute Gasteiger partial charge is 0.239 e. The van der Waals surface area contributed by atoms with E-state index in [-0.39, 0.29) is 11.8 Å². The largest absolute Gasteiger partial charge is 0.359 e. The molecule has 0 fully saturated rings. The van der Waals surface area contributed by atoms with Gasteiger partial charge in [0.05, 0.1) is 6.04 Å². The van der Waals surface area contributed by atoms with E-state index >= 15 is 0 Å². The summed E-state index contributed by atoms with van der Waals surface area (Å²) in [5.41, 5.74) is 5.81. The van der Waals surface area contributed by atoms with Crippen LogP contribution in [0.25, 0.3) is 0 Å². The van der Waals surface area contributed by atoms with Gasteiger partial charge in [-0.1, -0.05) is 13.5 Å². The zero-order valence-corrected chi connectivity index (χ0v) is 13.8. The predicted molar refractivity (Wildman–Crippen MR) is 85.3 cm³/mol. The van der Waals surface area contributed by atoms with Crippen LogP contribution in [0.5, 0.6) is 0 Å². The Labute approximate surface area is 126 Å². The van der Waals surface area contributed by atoms with Gasteiger partial charge in [0.2, 0.25) is 11.8 Å². The summed E-state index contributed by atoms with van der Waals surface area (Å²) in [6.45, 7) is 6.10. The summed E-state index contributed by atoms with van der Waals surface area (Å²) in [6.07, 6.45) is 2.21. The molecule has 0 aliphatic carbocycles. The van der Waals surface area contributed by atoms with Crippen LogP contribution in [0, 0.1) is 5.92 Å². The van der Waals surface area contributed by atoms with E-state index in [0.717, 1.165) is 17.7 Å². The number of nitrogens with two attached hydrogens (primary N) is 1. The minimum atomic E-state index is -0.493. The van der Waals surface area contributed by atoms with E-state index in [0.29, 0.717) is 18.1 Å². The second-order valence-corrected chi connectivity index (χ2v) is 6.41. The fourth-order valence-corrected chi connectivity index (χ4v) is 2.62. The van der Waals surface area contributed by atoms with Gasteiger partial charge in [0, 0.05) is 33.3 Å². The van der Waals surface area contributed by atoms with Crippen LogP contribution in [0.15, 0.2) is 11.5 Å². The molecule has 20 heavy (non-hydrogen) atoms. The van der Waals surface area contributed by atoms with Crippen molar-refractivity contribution >= 4 is 23.6 Å². The number of carbonyl (C=O) groups is 2. The van der Waals surface area contributed by atoms with Crippen LogP contribution >= 0.6 is 11.8 Å². The van der Waals surface area contributed by atoms with Crippen molar-refractivity contribution in [1.82, 2.24) is 10.2 Å². The molecule has 0 heterocycles. The number of hydrogen-bond donors (Lipinski definition) is 2. The second kappa shape index (κ2) is 9.83. The molecule has 0 aliphatic rings. The van der Waals surface area contributed by atoms with Gasteiger partial charge in [-0.25, -0.2) is 0 Å². The lowest BCUT2D eigenvalue weighted by Crippen LogP contribution is -2.41. The third-order valence-corrected chi connectivity index (χ3v) is 4.04. The lowest BCUT2D eigenvalue weighted by Gasteiger charge is -2.17. The molecule has 3 N–H and O–H groups in total. The fourth-order valence-electron chi connectivity index (χ4n) is 1.66. The lowest BCUT2D eigenvalue weighted by atomic mass is 10.0. The van der Waals surface area contributed by atoms with Gasteiger partial charge in [-0.3, -0.25) is 9.59 Å². The van der Waals surface area contributed by atoms with Gasteiger partial charge in [-0.05, 0) is 23.7 Å². The quantitative estimate of drug-likeness (QED) is 0.671. The Morgan fingerprint density at radius 3 is 2.50 bits per heavy atom. The van der Waals surface area contributed by atoms with Crippen molar-refractivity contribution < 1.29 is 9.59 Å². The molecule has 0 radical (unpaired) electrons. The molecule has 0 aliphatic heterocycles. The van der Waals surface area contributed by atoms with E-state index in [2.05, 4.69) is 18.8 Å². The number of allylic oxidation sites excluding steroid dienone is 1. The minimum Gasteiger partial charge on any atom is -0.359 e. The highest BCUT2D eigenvalue weighted by molar-refractivity contribution is 8.03. The average Bonchev–Trinajstić information content (AvgIpc) is 2.40. The fraction of sp³-hybridized carbons (Fsp3) is 0.714. The number of likely N-dealkylation sites (N-methyl/N-ethyl adjacent to an activating group) is 1. The summed E-state index contributed by atoms with van der Waals surface area (Å²) >= 11 is 1.53. The zero-order chi connectivity index (χ0) is 15.7. The molecule has 2 amide bonds. The Bertz CT molecular complexity index is 345. The van der Waals surface area contributed by atoms with Crippen LogP contribution in [0.3, 0.4) is 0 Å². The predicted octanol–water partition coefficient (Wildman–Crippen LogP) is 1.20. The van der Waals surface area contributed by atoms with Crippen LogP contribution in [-0.2, 0) is 9.59 Å². The molecule has 116 valence electrons. The van der Waals surface area contributed by atoms with Crippen molar-refractivity contribution in [3.63, 3.8) is 0 Å². The minimum absolute atomic E-state index is 0.0636. The zero-order valence-electron chi connectivity index (χ0n) is 12.9. The molecule has 0 saturated carbocycles. The molecular weight excluding hydrogens is 274 g/mol. The van der Waals surface area contributed by atoms with Crippen LogP contribution < -0.4 is 11.1 Å². The molecule has 5 nitrogen and oxygen atoms in total. The van der Waals surface area contributed by atoms with E-state index in [1.54, 1.807) is 21.1 Å². The summed E-state index contributed by atoms with van der Waals surface area (Å²) in [4.78, 5) is 25.3.